The summed E-state index contributed by atoms with van der Waals surface area (Å²) in [6.45, 7) is 1.57. The van der Waals surface area contributed by atoms with Gasteiger partial charge in [-0.15, -0.1) is 12.4 Å². The number of hydrogen-bond donors (Lipinski definition) is 0. The van der Waals surface area contributed by atoms with Gasteiger partial charge in [0.15, 0.2) is 10.9 Å². The highest BCUT2D eigenvalue weighted by atomic mass is 35.5. The summed E-state index contributed by atoms with van der Waals surface area (Å²) in [5.41, 5.74) is 0.856. The minimum Gasteiger partial charge on any atom is -0.399 e. The second-order valence-corrected chi connectivity index (χ2v) is 4.17. The maximum atomic E-state index is 10.5. The molecule has 1 aromatic rings. The van der Waals surface area contributed by atoms with Crippen LogP contribution in [0.25, 0.3) is 5.70 Å². The number of amidine groups is 1. The summed E-state index contributed by atoms with van der Waals surface area (Å²) in [7, 11) is 0. The van der Waals surface area contributed by atoms with Crippen molar-refractivity contribution < 1.29 is 9.34 Å². The van der Waals surface area contributed by atoms with E-state index >= 15 is 0 Å². The predicted octanol–water partition coefficient (Wildman–Crippen LogP) is 2.33. The van der Waals surface area contributed by atoms with Crippen LogP contribution in [0.1, 0.15) is 5.76 Å². The standard InChI is InChI=1S/C9H7N3O3S.ClH/c13-12(14)8-2-1-7(15-8)6-5-16-9-10-3-4-11(6)9;/h1-2,5H,3-4H2;1H. The second-order valence-electron chi connectivity index (χ2n) is 3.33. The first-order valence-electron chi connectivity index (χ1n) is 4.69. The van der Waals surface area contributed by atoms with Gasteiger partial charge in [-0.2, -0.15) is 0 Å². The molecule has 2 aliphatic rings. The monoisotopic (exact) mass is 273 g/mol. The van der Waals surface area contributed by atoms with Gasteiger partial charge >= 0.3 is 5.88 Å². The van der Waals surface area contributed by atoms with Gasteiger partial charge in [-0.1, -0.05) is 11.8 Å². The molecule has 0 radical (unpaired) electrons. The number of nitrogens with zero attached hydrogens (tertiary/aromatic N) is 3. The van der Waals surface area contributed by atoms with E-state index in [2.05, 4.69) is 4.99 Å². The van der Waals surface area contributed by atoms with Crippen LogP contribution in [0.4, 0.5) is 5.88 Å². The largest absolute Gasteiger partial charge is 0.433 e. The molecule has 0 saturated carbocycles. The number of aliphatic imine (C=N–C) groups is 1. The van der Waals surface area contributed by atoms with Crippen LogP contribution in [0.15, 0.2) is 27.0 Å². The van der Waals surface area contributed by atoms with E-state index in [0.29, 0.717) is 5.76 Å². The fraction of sp³-hybridized carbons (Fsp3) is 0.222. The van der Waals surface area contributed by atoms with E-state index in [0.717, 1.165) is 24.0 Å². The number of nitro groups is 1. The molecule has 2 aliphatic heterocycles. The van der Waals surface area contributed by atoms with E-state index in [9.17, 15) is 10.1 Å². The van der Waals surface area contributed by atoms with Crippen LogP contribution in [-0.4, -0.2) is 28.1 Å². The van der Waals surface area contributed by atoms with Crippen LogP contribution >= 0.6 is 24.2 Å². The Morgan fingerprint density at radius 1 is 1.53 bits per heavy atom. The van der Waals surface area contributed by atoms with Crippen LogP contribution in [0.3, 0.4) is 0 Å². The quantitative estimate of drug-likeness (QED) is 0.611. The first kappa shape index (κ1) is 12.0. The third-order valence-corrected chi connectivity index (χ3v) is 3.29. The third-order valence-electron chi connectivity index (χ3n) is 2.39. The maximum absolute atomic E-state index is 10.5. The van der Waals surface area contributed by atoms with Crippen LogP contribution in [0, 0.1) is 10.1 Å². The lowest BCUT2D eigenvalue weighted by atomic mass is 10.3. The first-order valence-corrected chi connectivity index (χ1v) is 5.57. The van der Waals surface area contributed by atoms with Gasteiger partial charge < -0.3 is 9.32 Å². The molecule has 0 N–H and O–H groups in total. The molecule has 6 nitrogen and oxygen atoms in total. The highest BCUT2D eigenvalue weighted by Crippen LogP contribution is 2.36. The van der Waals surface area contributed by atoms with E-state index in [1.165, 1.54) is 17.8 Å². The summed E-state index contributed by atoms with van der Waals surface area (Å²) in [5.74, 6) is 0.289. The Hall–Kier alpha value is -1.47. The molecule has 0 fully saturated rings. The fourth-order valence-electron chi connectivity index (χ4n) is 1.68. The van der Waals surface area contributed by atoms with Gasteiger partial charge in [0, 0.05) is 12.0 Å². The summed E-state index contributed by atoms with van der Waals surface area (Å²) in [6.07, 6.45) is 0. The minimum absolute atomic E-state index is 0. The second kappa shape index (κ2) is 4.42. The van der Waals surface area contributed by atoms with Crippen LogP contribution in [-0.2, 0) is 0 Å². The van der Waals surface area contributed by atoms with Crippen molar-refractivity contribution in [1.82, 2.24) is 4.90 Å². The van der Waals surface area contributed by atoms with Crippen molar-refractivity contribution in [2.45, 2.75) is 0 Å². The van der Waals surface area contributed by atoms with Crippen LogP contribution in [0.5, 0.6) is 0 Å². The molecular weight excluding hydrogens is 266 g/mol. The number of rotatable bonds is 2. The molecule has 0 aromatic carbocycles. The topological polar surface area (TPSA) is 71.9 Å². The highest BCUT2D eigenvalue weighted by Gasteiger charge is 2.29. The van der Waals surface area contributed by atoms with E-state index in [-0.39, 0.29) is 18.3 Å². The number of hydrogen-bond acceptors (Lipinski definition) is 6. The van der Waals surface area contributed by atoms with Gasteiger partial charge in [-0.05, 0) is 6.07 Å². The van der Waals surface area contributed by atoms with Gasteiger partial charge in [-0.3, -0.25) is 15.1 Å². The summed E-state index contributed by atoms with van der Waals surface area (Å²) in [6, 6.07) is 2.98. The molecule has 3 rings (SSSR count). The molecule has 90 valence electrons. The van der Waals surface area contributed by atoms with Crippen molar-refractivity contribution in [3.63, 3.8) is 0 Å². The zero-order valence-corrected chi connectivity index (χ0v) is 10.2. The Morgan fingerprint density at radius 2 is 2.35 bits per heavy atom. The molecule has 0 amide bonds. The Labute approximate surface area is 107 Å². The highest BCUT2D eigenvalue weighted by molar-refractivity contribution is 8.16. The smallest absolute Gasteiger partial charge is 0.399 e. The minimum atomic E-state index is -0.537. The SMILES string of the molecule is Cl.O=[N+]([O-])c1ccc(C2=CSC3=NCCN23)o1. The fourth-order valence-corrected chi connectivity index (χ4v) is 2.62. The predicted molar refractivity (Wildman–Crippen MR) is 67.2 cm³/mol. The van der Waals surface area contributed by atoms with E-state index in [1.54, 1.807) is 6.07 Å². The summed E-state index contributed by atoms with van der Waals surface area (Å²) in [4.78, 5) is 16.3. The normalized spacial score (nSPS) is 17.3. The lowest BCUT2D eigenvalue weighted by molar-refractivity contribution is -0.402. The lowest BCUT2D eigenvalue weighted by Gasteiger charge is -2.13. The van der Waals surface area contributed by atoms with Gasteiger partial charge in [-0.25, -0.2) is 0 Å². The van der Waals surface area contributed by atoms with Crippen molar-refractivity contribution in [1.29, 1.82) is 0 Å². The molecule has 0 saturated heterocycles. The lowest BCUT2D eigenvalue weighted by Crippen LogP contribution is -2.19. The van der Waals surface area contributed by atoms with Crippen LogP contribution < -0.4 is 0 Å². The number of furan rings is 1. The van der Waals surface area contributed by atoms with Gasteiger partial charge in [0.1, 0.15) is 4.92 Å². The maximum Gasteiger partial charge on any atom is 0.433 e. The Morgan fingerprint density at radius 3 is 3.06 bits per heavy atom. The average molecular weight is 274 g/mol. The zero-order chi connectivity index (χ0) is 11.1. The first-order chi connectivity index (χ1) is 7.75. The average Bonchev–Trinajstić information content (AvgIpc) is 2.92. The Balaban J connectivity index is 0.00000108. The zero-order valence-electron chi connectivity index (χ0n) is 8.53. The van der Waals surface area contributed by atoms with Crippen molar-refractivity contribution >= 4 is 40.9 Å². The van der Waals surface area contributed by atoms with Gasteiger partial charge in [0.05, 0.1) is 18.3 Å². The van der Waals surface area contributed by atoms with Crippen LogP contribution in [0.2, 0.25) is 0 Å². The third kappa shape index (κ3) is 1.91. The molecule has 8 heteroatoms. The molecular formula is C9H8ClN3O3S. The number of thioether (sulfide) groups is 1. The van der Waals surface area contributed by atoms with Gasteiger partial charge in [0.25, 0.3) is 0 Å². The van der Waals surface area contributed by atoms with Crippen molar-refractivity contribution in [3.8, 4) is 0 Å². The van der Waals surface area contributed by atoms with Crippen molar-refractivity contribution in [3.05, 3.63) is 33.4 Å². The van der Waals surface area contributed by atoms with Gasteiger partial charge in [0.2, 0.25) is 0 Å². The Bertz CT molecular complexity index is 525. The molecule has 1 aromatic heterocycles. The van der Waals surface area contributed by atoms with Crippen molar-refractivity contribution in [2.24, 2.45) is 4.99 Å². The molecule has 0 bridgehead atoms. The molecule has 0 unspecified atom stereocenters. The number of fused-ring (bicyclic) bond motifs is 1. The Kier molecular flexibility index (Phi) is 3.12. The van der Waals surface area contributed by atoms with E-state index in [1.807, 2.05) is 10.3 Å². The molecule has 0 spiro atoms. The molecule has 17 heavy (non-hydrogen) atoms. The van der Waals surface area contributed by atoms with E-state index in [4.69, 9.17) is 4.42 Å². The molecule has 0 atom stereocenters. The van der Waals surface area contributed by atoms with Crippen molar-refractivity contribution in [2.75, 3.05) is 13.1 Å². The summed E-state index contributed by atoms with van der Waals surface area (Å²) in [5, 5.41) is 13.3. The number of halogens is 1. The summed E-state index contributed by atoms with van der Waals surface area (Å²) < 4.78 is 5.16. The molecule has 3 heterocycles. The summed E-state index contributed by atoms with van der Waals surface area (Å²) >= 11 is 1.52. The molecule has 0 aliphatic carbocycles. The van der Waals surface area contributed by atoms with E-state index < -0.39 is 4.92 Å².